The minimum atomic E-state index is -0.750. The van der Waals surface area contributed by atoms with Crippen LogP contribution in [0.3, 0.4) is 0 Å². The molecule has 0 aliphatic heterocycles. The van der Waals surface area contributed by atoms with Gasteiger partial charge in [-0.3, -0.25) is 0 Å². The van der Waals surface area contributed by atoms with Crippen molar-refractivity contribution in [2.45, 2.75) is 20.8 Å². The normalized spacial score (nSPS) is 8.60. The van der Waals surface area contributed by atoms with E-state index in [9.17, 15) is 0 Å². The van der Waals surface area contributed by atoms with Gasteiger partial charge in [0, 0.05) is 0 Å². The van der Waals surface area contributed by atoms with Crippen molar-refractivity contribution in [2.75, 3.05) is 19.6 Å². The van der Waals surface area contributed by atoms with Crippen molar-refractivity contribution in [2.24, 2.45) is 0 Å². The first kappa shape index (κ1) is 12.6. The maximum absolute atomic E-state index is 7.12. The maximum Gasteiger partial charge on any atom is 0.432 e. The van der Waals surface area contributed by atoms with Crippen molar-refractivity contribution in [3.8, 4) is 0 Å². The molecule has 0 bridgehead atoms. The Morgan fingerprint density at radius 3 is 1.20 bits per heavy atom. The Bertz CT molecular complexity index is 45.5. The molecule has 0 aliphatic carbocycles. The van der Waals surface area contributed by atoms with Crippen LogP contribution in [0.15, 0.2) is 0 Å². The second kappa shape index (κ2) is 11.7. The standard InChI is InChI=1S/C6H15N.BH3O2/c1-4-7(5-2)6-3;2-1-3/h4-6H2,1-3H3;1-3H. The number of hydrogen-bond acceptors (Lipinski definition) is 3. The first-order chi connectivity index (χ1) is 4.76. The van der Waals surface area contributed by atoms with Crippen LogP contribution in [0.1, 0.15) is 20.8 Å². The van der Waals surface area contributed by atoms with E-state index in [1.165, 1.54) is 19.6 Å². The lowest BCUT2D eigenvalue weighted by atomic mass is 10.5. The summed E-state index contributed by atoms with van der Waals surface area (Å²) in [6.07, 6.45) is 0. The van der Waals surface area contributed by atoms with Crippen molar-refractivity contribution in [3.63, 3.8) is 0 Å². The van der Waals surface area contributed by atoms with Gasteiger partial charge in [-0.1, -0.05) is 20.8 Å². The number of hydrogen-bond donors (Lipinski definition) is 2. The third-order valence-electron chi connectivity index (χ3n) is 1.34. The Balaban J connectivity index is 0. The van der Waals surface area contributed by atoms with Crippen LogP contribution in [-0.4, -0.2) is 42.3 Å². The Morgan fingerprint density at radius 1 is 1.00 bits per heavy atom. The zero-order chi connectivity index (χ0) is 8.41. The molecule has 62 valence electrons. The maximum atomic E-state index is 7.12. The van der Waals surface area contributed by atoms with Gasteiger partial charge >= 0.3 is 7.69 Å². The van der Waals surface area contributed by atoms with Crippen LogP contribution in [0.4, 0.5) is 0 Å². The third kappa shape index (κ3) is 10.8. The Kier molecular flexibility index (Phi) is 14.8. The van der Waals surface area contributed by atoms with Gasteiger partial charge in [-0.25, -0.2) is 0 Å². The lowest BCUT2D eigenvalue weighted by Gasteiger charge is -2.13. The molecule has 0 saturated heterocycles. The Labute approximate surface area is 64.0 Å². The monoisotopic (exact) mass is 147 g/mol. The molecule has 3 nitrogen and oxygen atoms in total. The van der Waals surface area contributed by atoms with Crippen LogP contribution in [0.25, 0.3) is 0 Å². The molecule has 0 aromatic rings. The van der Waals surface area contributed by atoms with Crippen LogP contribution in [0.2, 0.25) is 0 Å². The summed E-state index contributed by atoms with van der Waals surface area (Å²) in [5.74, 6) is 0. The topological polar surface area (TPSA) is 43.7 Å². The van der Waals surface area contributed by atoms with Crippen molar-refractivity contribution < 1.29 is 10.0 Å². The fourth-order valence-corrected chi connectivity index (χ4v) is 0.671. The highest BCUT2D eigenvalue weighted by atomic mass is 16.4. The van der Waals surface area contributed by atoms with Gasteiger partial charge in [0.15, 0.2) is 0 Å². The molecule has 0 heterocycles. The molecule has 0 aromatic carbocycles. The molecule has 10 heavy (non-hydrogen) atoms. The molecular formula is C6H18BNO2. The molecule has 0 aromatic heterocycles. The van der Waals surface area contributed by atoms with E-state index in [1.54, 1.807) is 0 Å². The second-order valence-corrected chi connectivity index (χ2v) is 1.76. The summed E-state index contributed by atoms with van der Waals surface area (Å²) in [4.78, 5) is 2.38. The van der Waals surface area contributed by atoms with Gasteiger partial charge in [0.1, 0.15) is 0 Å². The van der Waals surface area contributed by atoms with Crippen LogP contribution < -0.4 is 0 Å². The van der Waals surface area contributed by atoms with Crippen LogP contribution in [-0.2, 0) is 0 Å². The first-order valence-corrected chi connectivity index (χ1v) is 3.70. The predicted molar refractivity (Wildman–Crippen MR) is 45.0 cm³/mol. The lowest BCUT2D eigenvalue weighted by molar-refractivity contribution is 0.321. The second-order valence-electron chi connectivity index (χ2n) is 1.76. The van der Waals surface area contributed by atoms with Gasteiger partial charge in [-0.2, -0.15) is 0 Å². The van der Waals surface area contributed by atoms with Gasteiger partial charge in [-0.15, -0.1) is 0 Å². The molecule has 0 radical (unpaired) electrons. The highest BCUT2D eigenvalue weighted by Crippen LogP contribution is 1.81. The minimum Gasteiger partial charge on any atom is -0.430 e. The van der Waals surface area contributed by atoms with Crippen molar-refractivity contribution >= 4 is 7.69 Å². The van der Waals surface area contributed by atoms with E-state index in [4.69, 9.17) is 10.0 Å². The summed E-state index contributed by atoms with van der Waals surface area (Å²) in [6, 6.07) is 0. The van der Waals surface area contributed by atoms with Crippen molar-refractivity contribution in [3.05, 3.63) is 0 Å². The Morgan fingerprint density at radius 2 is 1.20 bits per heavy atom. The van der Waals surface area contributed by atoms with Crippen LogP contribution in [0, 0.1) is 0 Å². The molecular weight excluding hydrogens is 129 g/mol. The first-order valence-electron chi connectivity index (χ1n) is 3.70. The van der Waals surface area contributed by atoms with E-state index >= 15 is 0 Å². The summed E-state index contributed by atoms with van der Waals surface area (Å²) < 4.78 is 0. The highest BCUT2D eigenvalue weighted by molar-refractivity contribution is 6.13. The Hall–Kier alpha value is -0.0551. The van der Waals surface area contributed by atoms with E-state index < -0.39 is 7.69 Å². The fraction of sp³-hybridized carbons (Fsp3) is 1.00. The van der Waals surface area contributed by atoms with E-state index in [0.717, 1.165) is 0 Å². The summed E-state index contributed by atoms with van der Waals surface area (Å²) >= 11 is 0. The minimum absolute atomic E-state index is 0.750. The molecule has 0 rings (SSSR count). The van der Waals surface area contributed by atoms with E-state index in [1.807, 2.05) is 0 Å². The number of rotatable bonds is 3. The fourth-order valence-electron chi connectivity index (χ4n) is 0.671. The number of nitrogens with zero attached hydrogens (tertiary/aromatic N) is 1. The predicted octanol–water partition coefficient (Wildman–Crippen LogP) is -0.414. The molecule has 0 atom stereocenters. The summed E-state index contributed by atoms with van der Waals surface area (Å²) in [5, 5.41) is 14.2. The van der Waals surface area contributed by atoms with Crippen LogP contribution in [0.5, 0.6) is 0 Å². The molecule has 4 heteroatoms. The molecule has 0 unspecified atom stereocenters. The average molecular weight is 147 g/mol. The molecule has 0 saturated carbocycles. The molecule has 0 fully saturated rings. The smallest absolute Gasteiger partial charge is 0.430 e. The molecule has 0 amide bonds. The largest absolute Gasteiger partial charge is 0.432 e. The van der Waals surface area contributed by atoms with E-state index in [2.05, 4.69) is 25.7 Å². The van der Waals surface area contributed by atoms with E-state index in [-0.39, 0.29) is 0 Å². The van der Waals surface area contributed by atoms with Gasteiger partial charge in [0.05, 0.1) is 0 Å². The van der Waals surface area contributed by atoms with Crippen molar-refractivity contribution in [1.29, 1.82) is 0 Å². The molecule has 0 aliphatic rings. The zero-order valence-corrected chi connectivity index (χ0v) is 7.17. The summed E-state index contributed by atoms with van der Waals surface area (Å²) in [6.45, 7) is 10.1. The summed E-state index contributed by atoms with van der Waals surface area (Å²) in [5.41, 5.74) is 0. The summed E-state index contributed by atoms with van der Waals surface area (Å²) in [7, 11) is -0.750. The van der Waals surface area contributed by atoms with E-state index in [0.29, 0.717) is 0 Å². The zero-order valence-electron chi connectivity index (χ0n) is 7.17. The van der Waals surface area contributed by atoms with Crippen LogP contribution >= 0.6 is 0 Å². The molecule has 0 spiro atoms. The van der Waals surface area contributed by atoms with Gasteiger partial charge in [0.2, 0.25) is 0 Å². The van der Waals surface area contributed by atoms with Crippen molar-refractivity contribution in [1.82, 2.24) is 4.90 Å². The highest BCUT2D eigenvalue weighted by Gasteiger charge is 1.89. The quantitative estimate of drug-likeness (QED) is 0.533. The third-order valence-corrected chi connectivity index (χ3v) is 1.34. The molecule has 2 N–H and O–H groups in total. The van der Waals surface area contributed by atoms with Gasteiger partial charge < -0.3 is 14.9 Å². The average Bonchev–Trinajstić information content (AvgIpc) is 1.93. The van der Waals surface area contributed by atoms with Gasteiger partial charge in [-0.05, 0) is 19.6 Å². The lowest BCUT2D eigenvalue weighted by Crippen LogP contribution is -2.21. The SMILES string of the molecule is CCN(CC)CC.OBO. The van der Waals surface area contributed by atoms with Gasteiger partial charge in [0.25, 0.3) is 0 Å².